The van der Waals surface area contributed by atoms with Crippen molar-refractivity contribution in [3.63, 3.8) is 0 Å². The van der Waals surface area contributed by atoms with Gasteiger partial charge < -0.3 is 5.32 Å². The molecule has 5 heteroatoms. The molecule has 0 radical (unpaired) electrons. The monoisotopic (exact) mass is 407 g/mol. The van der Waals surface area contributed by atoms with Crippen molar-refractivity contribution in [1.29, 1.82) is 0 Å². The molecular formula is C13H15Br2NS2. The Kier molecular flexibility index (Phi) is 5.06. The smallest absolute Gasteiger partial charge is 0.0843 e. The van der Waals surface area contributed by atoms with Crippen molar-refractivity contribution in [3.8, 4) is 0 Å². The Morgan fingerprint density at radius 1 is 1.22 bits per heavy atom. The van der Waals surface area contributed by atoms with Crippen molar-refractivity contribution >= 4 is 54.5 Å². The second kappa shape index (κ2) is 6.18. The third-order valence-corrected chi connectivity index (χ3v) is 7.24. The van der Waals surface area contributed by atoms with Crippen LogP contribution < -0.4 is 5.32 Å². The first-order chi connectivity index (χ1) is 8.52. The van der Waals surface area contributed by atoms with Crippen LogP contribution in [0.3, 0.4) is 0 Å². The third-order valence-electron chi connectivity index (χ3n) is 2.70. The molecule has 2 aromatic rings. The van der Waals surface area contributed by atoms with E-state index >= 15 is 0 Å². The first kappa shape index (κ1) is 14.7. The highest BCUT2D eigenvalue weighted by Gasteiger charge is 2.20. The van der Waals surface area contributed by atoms with Crippen LogP contribution in [0.25, 0.3) is 0 Å². The number of hydrogen-bond acceptors (Lipinski definition) is 3. The number of halogens is 2. The molecule has 1 nitrogen and oxygen atoms in total. The summed E-state index contributed by atoms with van der Waals surface area (Å²) in [6.45, 7) is 7.49. The van der Waals surface area contributed by atoms with Crippen LogP contribution in [0.15, 0.2) is 20.4 Å². The molecule has 0 amide bonds. The van der Waals surface area contributed by atoms with E-state index in [0.29, 0.717) is 6.04 Å². The normalized spacial score (nSPS) is 12.9. The standard InChI is InChI=1S/C13H15Br2NS2/c1-4-16-11(10-6-9(14)13(15)18-10)12-7(2)5-8(3)17-12/h5-6,11,16H,4H2,1-3H3. The predicted octanol–water partition coefficient (Wildman–Crippen LogP) is 5.65. The van der Waals surface area contributed by atoms with Gasteiger partial charge in [-0.05, 0) is 69.9 Å². The van der Waals surface area contributed by atoms with Crippen molar-refractivity contribution < 1.29 is 0 Å². The summed E-state index contributed by atoms with van der Waals surface area (Å²) in [5.41, 5.74) is 1.38. The van der Waals surface area contributed by atoms with Gasteiger partial charge in [-0.25, -0.2) is 0 Å². The van der Waals surface area contributed by atoms with Crippen molar-refractivity contribution in [2.45, 2.75) is 26.8 Å². The molecule has 0 aromatic carbocycles. The van der Waals surface area contributed by atoms with E-state index in [4.69, 9.17) is 0 Å². The fraction of sp³-hybridized carbons (Fsp3) is 0.385. The molecular weight excluding hydrogens is 394 g/mol. The summed E-state index contributed by atoms with van der Waals surface area (Å²) >= 11 is 10.8. The molecule has 1 unspecified atom stereocenters. The molecule has 0 spiro atoms. The van der Waals surface area contributed by atoms with E-state index < -0.39 is 0 Å². The molecule has 0 bridgehead atoms. The Morgan fingerprint density at radius 2 is 1.94 bits per heavy atom. The van der Waals surface area contributed by atoms with Gasteiger partial charge >= 0.3 is 0 Å². The second-order valence-corrected chi connectivity index (χ2v) is 8.71. The lowest BCUT2D eigenvalue weighted by Gasteiger charge is -2.16. The van der Waals surface area contributed by atoms with Crippen LogP contribution in [0, 0.1) is 13.8 Å². The van der Waals surface area contributed by atoms with Gasteiger partial charge in [-0.3, -0.25) is 0 Å². The first-order valence-electron chi connectivity index (χ1n) is 5.78. The van der Waals surface area contributed by atoms with Crippen molar-refractivity contribution in [2.24, 2.45) is 0 Å². The summed E-state index contributed by atoms with van der Waals surface area (Å²) in [4.78, 5) is 4.15. The number of aryl methyl sites for hydroxylation is 2. The average Bonchev–Trinajstić information content (AvgIpc) is 2.79. The van der Waals surface area contributed by atoms with Crippen LogP contribution in [0.1, 0.15) is 33.2 Å². The Morgan fingerprint density at radius 3 is 2.39 bits per heavy atom. The van der Waals surface area contributed by atoms with Gasteiger partial charge in [-0.15, -0.1) is 22.7 Å². The van der Waals surface area contributed by atoms with Gasteiger partial charge in [-0.2, -0.15) is 0 Å². The quantitative estimate of drug-likeness (QED) is 0.688. The number of rotatable bonds is 4. The highest BCUT2D eigenvalue weighted by molar-refractivity contribution is 9.13. The van der Waals surface area contributed by atoms with Gasteiger partial charge in [0.25, 0.3) is 0 Å². The Balaban J connectivity index is 2.42. The van der Waals surface area contributed by atoms with Crippen LogP contribution in [0.5, 0.6) is 0 Å². The van der Waals surface area contributed by atoms with Gasteiger partial charge in [0.15, 0.2) is 0 Å². The van der Waals surface area contributed by atoms with E-state index in [1.165, 1.54) is 20.2 Å². The number of hydrogen-bond donors (Lipinski definition) is 1. The summed E-state index contributed by atoms with van der Waals surface area (Å²) in [5, 5.41) is 3.59. The van der Waals surface area contributed by atoms with Gasteiger partial charge in [0.05, 0.1) is 9.83 Å². The average molecular weight is 409 g/mol. The summed E-state index contributed by atoms with van der Waals surface area (Å²) in [6.07, 6.45) is 0. The fourth-order valence-electron chi connectivity index (χ4n) is 1.98. The molecule has 2 rings (SSSR count). The lowest BCUT2D eigenvalue weighted by Crippen LogP contribution is -2.20. The molecule has 98 valence electrons. The molecule has 0 aliphatic rings. The summed E-state index contributed by atoms with van der Waals surface area (Å²) in [6, 6.07) is 4.78. The van der Waals surface area contributed by atoms with E-state index in [0.717, 1.165) is 14.8 Å². The molecule has 0 aliphatic carbocycles. The third kappa shape index (κ3) is 3.07. The number of nitrogens with one attached hydrogen (secondary N) is 1. The van der Waals surface area contributed by atoms with E-state index in [2.05, 4.69) is 70.1 Å². The first-order valence-corrected chi connectivity index (χ1v) is 8.99. The van der Waals surface area contributed by atoms with Crippen LogP contribution in [0.2, 0.25) is 0 Å². The molecule has 0 saturated carbocycles. The maximum absolute atomic E-state index is 3.59. The van der Waals surface area contributed by atoms with E-state index in [1.54, 1.807) is 11.3 Å². The maximum atomic E-state index is 3.59. The molecule has 0 saturated heterocycles. The minimum absolute atomic E-state index is 0.307. The van der Waals surface area contributed by atoms with Crippen LogP contribution in [0.4, 0.5) is 0 Å². The minimum atomic E-state index is 0.307. The molecule has 0 aliphatic heterocycles. The van der Waals surface area contributed by atoms with Crippen molar-refractivity contribution in [2.75, 3.05) is 6.54 Å². The lowest BCUT2D eigenvalue weighted by molar-refractivity contribution is 0.646. The van der Waals surface area contributed by atoms with Crippen LogP contribution in [-0.2, 0) is 0 Å². The van der Waals surface area contributed by atoms with Crippen LogP contribution >= 0.6 is 54.5 Å². The second-order valence-electron chi connectivity index (χ2n) is 4.17. The molecule has 18 heavy (non-hydrogen) atoms. The van der Waals surface area contributed by atoms with E-state index in [9.17, 15) is 0 Å². The lowest BCUT2D eigenvalue weighted by atomic mass is 10.1. The number of thiophene rings is 2. The highest BCUT2D eigenvalue weighted by atomic mass is 79.9. The van der Waals surface area contributed by atoms with Crippen molar-refractivity contribution in [1.82, 2.24) is 5.32 Å². The molecule has 2 heterocycles. The zero-order chi connectivity index (χ0) is 13.3. The van der Waals surface area contributed by atoms with Gasteiger partial charge in [0, 0.05) is 19.1 Å². The highest BCUT2D eigenvalue weighted by Crippen LogP contribution is 2.40. The summed E-state index contributed by atoms with van der Waals surface area (Å²) in [7, 11) is 0. The fourth-order valence-corrected chi connectivity index (χ4v) is 5.36. The topological polar surface area (TPSA) is 12.0 Å². The van der Waals surface area contributed by atoms with Gasteiger partial charge in [0.2, 0.25) is 0 Å². The molecule has 2 aromatic heterocycles. The molecule has 0 fully saturated rings. The summed E-state index contributed by atoms with van der Waals surface area (Å²) < 4.78 is 2.29. The predicted molar refractivity (Wildman–Crippen MR) is 89.0 cm³/mol. The van der Waals surface area contributed by atoms with E-state index in [-0.39, 0.29) is 0 Å². The van der Waals surface area contributed by atoms with Crippen LogP contribution in [-0.4, -0.2) is 6.54 Å². The molecule has 1 N–H and O–H groups in total. The minimum Gasteiger partial charge on any atom is -0.305 e. The summed E-state index contributed by atoms with van der Waals surface area (Å²) in [5.74, 6) is 0. The zero-order valence-corrected chi connectivity index (χ0v) is 15.3. The van der Waals surface area contributed by atoms with E-state index in [1.807, 2.05) is 11.3 Å². The van der Waals surface area contributed by atoms with Crippen molar-refractivity contribution in [3.05, 3.63) is 40.6 Å². The molecule has 1 atom stereocenters. The Hall–Kier alpha value is 0.320. The largest absolute Gasteiger partial charge is 0.305 e. The SMILES string of the molecule is CCNC(c1cc(Br)c(Br)s1)c1sc(C)cc1C. The maximum Gasteiger partial charge on any atom is 0.0843 e. The Bertz CT molecular complexity index is 526. The van der Waals surface area contributed by atoms with Gasteiger partial charge in [-0.1, -0.05) is 6.92 Å². The Labute approximate surface area is 133 Å². The van der Waals surface area contributed by atoms with Gasteiger partial charge in [0.1, 0.15) is 0 Å². The zero-order valence-electron chi connectivity index (χ0n) is 10.5.